The third-order valence-corrected chi connectivity index (χ3v) is 2.10. The molecule has 8 heavy (non-hydrogen) atoms. The zero-order chi connectivity index (χ0) is 5.82. The Balaban J connectivity index is 2.50. The van der Waals surface area contributed by atoms with Crippen molar-refractivity contribution >= 4 is 11.8 Å². The van der Waals surface area contributed by atoms with Crippen molar-refractivity contribution in [3.05, 3.63) is 23.1 Å². The maximum absolute atomic E-state index is 2.21. The summed E-state index contributed by atoms with van der Waals surface area (Å²) in [5, 5.41) is 0. The highest BCUT2D eigenvalue weighted by Gasteiger charge is 1.94. The second kappa shape index (κ2) is 2.98. The summed E-state index contributed by atoms with van der Waals surface area (Å²) in [6.45, 7) is 0. The van der Waals surface area contributed by atoms with Crippen LogP contribution in [0.2, 0.25) is 0 Å². The van der Waals surface area contributed by atoms with Gasteiger partial charge in [0.15, 0.2) is 0 Å². The standard InChI is InChI=1S/C7H10S/c1-8-7-5-3-2-4-6-7/h2-3,5H,4,6H2,1H3. The van der Waals surface area contributed by atoms with Gasteiger partial charge in [0.2, 0.25) is 0 Å². The molecular formula is C7H10S. The number of rotatable bonds is 1. The fraction of sp³-hybridized carbons (Fsp3) is 0.429. The maximum Gasteiger partial charge on any atom is -0.0140 e. The molecule has 0 spiro atoms. The van der Waals surface area contributed by atoms with E-state index in [1.54, 1.807) is 0 Å². The molecule has 0 unspecified atom stereocenters. The molecule has 0 saturated carbocycles. The van der Waals surface area contributed by atoms with E-state index in [0.29, 0.717) is 0 Å². The zero-order valence-corrected chi connectivity index (χ0v) is 5.87. The Bertz CT molecular complexity index is 122. The molecular weight excluding hydrogens is 116 g/mol. The van der Waals surface area contributed by atoms with Crippen molar-refractivity contribution in [3.8, 4) is 0 Å². The minimum atomic E-state index is 1.23. The van der Waals surface area contributed by atoms with Crippen LogP contribution in [0.1, 0.15) is 12.8 Å². The Morgan fingerprint density at radius 2 is 2.50 bits per heavy atom. The summed E-state index contributed by atoms with van der Waals surface area (Å²) in [4.78, 5) is 1.51. The molecule has 1 aliphatic rings. The normalized spacial score (nSPS) is 18.4. The summed E-state index contributed by atoms with van der Waals surface area (Å²) >= 11 is 1.86. The van der Waals surface area contributed by atoms with Crippen LogP contribution in [0.15, 0.2) is 23.1 Å². The summed E-state index contributed by atoms with van der Waals surface area (Å²) in [6, 6.07) is 0. The Kier molecular flexibility index (Phi) is 2.22. The van der Waals surface area contributed by atoms with Crippen molar-refractivity contribution in [2.24, 2.45) is 0 Å². The van der Waals surface area contributed by atoms with E-state index in [4.69, 9.17) is 0 Å². The molecule has 0 N–H and O–H groups in total. The van der Waals surface area contributed by atoms with Crippen LogP contribution in [-0.4, -0.2) is 6.26 Å². The average molecular weight is 126 g/mol. The van der Waals surface area contributed by atoms with Gasteiger partial charge >= 0.3 is 0 Å². The topological polar surface area (TPSA) is 0 Å². The van der Waals surface area contributed by atoms with Crippen molar-refractivity contribution in [2.75, 3.05) is 6.26 Å². The van der Waals surface area contributed by atoms with E-state index in [0.717, 1.165) is 0 Å². The molecule has 0 bridgehead atoms. The first-order valence-corrected chi connectivity index (χ1v) is 4.05. The molecule has 0 fully saturated rings. The van der Waals surface area contributed by atoms with E-state index in [1.807, 2.05) is 11.8 Å². The first-order chi connectivity index (χ1) is 3.93. The predicted molar refractivity (Wildman–Crippen MR) is 40.0 cm³/mol. The van der Waals surface area contributed by atoms with Gasteiger partial charge in [-0.05, 0) is 24.0 Å². The molecule has 0 nitrogen and oxygen atoms in total. The van der Waals surface area contributed by atoms with Crippen LogP contribution in [0.5, 0.6) is 0 Å². The molecule has 0 heterocycles. The van der Waals surface area contributed by atoms with Gasteiger partial charge in [0.25, 0.3) is 0 Å². The van der Waals surface area contributed by atoms with Crippen LogP contribution >= 0.6 is 11.8 Å². The van der Waals surface area contributed by atoms with Crippen LogP contribution in [0.25, 0.3) is 0 Å². The first kappa shape index (κ1) is 5.96. The molecule has 0 aromatic rings. The minimum absolute atomic E-state index is 1.23. The van der Waals surface area contributed by atoms with Crippen molar-refractivity contribution < 1.29 is 0 Å². The molecule has 0 saturated heterocycles. The van der Waals surface area contributed by atoms with Crippen LogP contribution in [-0.2, 0) is 0 Å². The van der Waals surface area contributed by atoms with E-state index < -0.39 is 0 Å². The molecule has 1 heteroatoms. The third kappa shape index (κ3) is 1.41. The third-order valence-electron chi connectivity index (χ3n) is 1.24. The summed E-state index contributed by atoms with van der Waals surface area (Å²) in [7, 11) is 0. The van der Waals surface area contributed by atoms with Gasteiger partial charge in [-0.2, -0.15) is 0 Å². The van der Waals surface area contributed by atoms with Crippen LogP contribution in [0.4, 0.5) is 0 Å². The van der Waals surface area contributed by atoms with E-state index in [1.165, 1.54) is 17.7 Å². The highest BCUT2D eigenvalue weighted by Crippen LogP contribution is 2.20. The molecule has 1 aliphatic carbocycles. The van der Waals surface area contributed by atoms with Gasteiger partial charge in [-0.3, -0.25) is 0 Å². The molecule has 0 aromatic carbocycles. The van der Waals surface area contributed by atoms with Gasteiger partial charge < -0.3 is 0 Å². The van der Waals surface area contributed by atoms with Crippen molar-refractivity contribution in [2.45, 2.75) is 12.8 Å². The summed E-state index contributed by atoms with van der Waals surface area (Å²) in [6.07, 6.45) is 11.1. The van der Waals surface area contributed by atoms with Crippen LogP contribution in [0.3, 0.4) is 0 Å². The molecule has 0 aromatic heterocycles. The average Bonchev–Trinajstić information content (AvgIpc) is 1.90. The monoisotopic (exact) mass is 126 g/mol. The lowest BCUT2D eigenvalue weighted by molar-refractivity contribution is 1.02. The Hall–Kier alpha value is -0.170. The Morgan fingerprint density at radius 1 is 1.62 bits per heavy atom. The smallest absolute Gasteiger partial charge is 0.0140 e. The number of hydrogen-bond donors (Lipinski definition) is 0. The van der Waals surface area contributed by atoms with E-state index in [9.17, 15) is 0 Å². The summed E-state index contributed by atoms with van der Waals surface area (Å²) in [5.41, 5.74) is 0. The van der Waals surface area contributed by atoms with Gasteiger partial charge in [-0.15, -0.1) is 11.8 Å². The second-order valence-corrected chi connectivity index (χ2v) is 2.74. The fourth-order valence-electron chi connectivity index (χ4n) is 0.751. The van der Waals surface area contributed by atoms with Gasteiger partial charge in [-0.1, -0.05) is 18.2 Å². The Labute approximate surface area is 54.7 Å². The van der Waals surface area contributed by atoms with Crippen LogP contribution in [0, 0.1) is 0 Å². The maximum atomic E-state index is 2.21. The summed E-state index contributed by atoms with van der Waals surface area (Å²) < 4.78 is 0. The lowest BCUT2D eigenvalue weighted by Crippen LogP contribution is -1.79. The molecule has 0 amide bonds. The molecule has 0 atom stereocenters. The fourth-order valence-corrected chi connectivity index (χ4v) is 1.29. The summed E-state index contributed by atoms with van der Waals surface area (Å²) in [5.74, 6) is 0. The highest BCUT2D eigenvalue weighted by molar-refractivity contribution is 8.02. The number of hydrogen-bond acceptors (Lipinski definition) is 1. The van der Waals surface area contributed by atoms with Gasteiger partial charge in [0.1, 0.15) is 0 Å². The molecule has 44 valence electrons. The number of allylic oxidation sites excluding steroid dienone is 4. The van der Waals surface area contributed by atoms with Gasteiger partial charge in [-0.25, -0.2) is 0 Å². The van der Waals surface area contributed by atoms with E-state index >= 15 is 0 Å². The van der Waals surface area contributed by atoms with Crippen molar-refractivity contribution in [3.63, 3.8) is 0 Å². The van der Waals surface area contributed by atoms with Gasteiger partial charge in [0.05, 0.1) is 0 Å². The lowest BCUT2D eigenvalue weighted by atomic mass is 10.2. The first-order valence-electron chi connectivity index (χ1n) is 2.83. The van der Waals surface area contributed by atoms with E-state index in [2.05, 4.69) is 24.5 Å². The lowest BCUT2D eigenvalue weighted by Gasteiger charge is -2.02. The predicted octanol–water partition coefficient (Wildman–Crippen LogP) is 2.58. The molecule has 1 rings (SSSR count). The highest BCUT2D eigenvalue weighted by atomic mass is 32.2. The van der Waals surface area contributed by atoms with Gasteiger partial charge in [0, 0.05) is 0 Å². The minimum Gasteiger partial charge on any atom is -0.134 e. The number of thioether (sulfide) groups is 1. The molecule has 0 aliphatic heterocycles. The SMILES string of the molecule is CSC1=CC=CCC1. The van der Waals surface area contributed by atoms with E-state index in [-0.39, 0.29) is 0 Å². The second-order valence-electron chi connectivity index (χ2n) is 1.80. The molecule has 0 radical (unpaired) electrons. The van der Waals surface area contributed by atoms with Crippen LogP contribution < -0.4 is 0 Å². The quantitative estimate of drug-likeness (QED) is 0.520. The largest absolute Gasteiger partial charge is 0.134 e. The van der Waals surface area contributed by atoms with Crippen molar-refractivity contribution in [1.82, 2.24) is 0 Å². The van der Waals surface area contributed by atoms with Crippen molar-refractivity contribution in [1.29, 1.82) is 0 Å². The Morgan fingerprint density at radius 3 is 2.88 bits per heavy atom. The zero-order valence-electron chi connectivity index (χ0n) is 5.05.